The highest BCUT2D eigenvalue weighted by atomic mass is 15.0. The zero-order chi connectivity index (χ0) is 20.1. The second-order valence-electron chi connectivity index (χ2n) is 6.23. The summed E-state index contributed by atoms with van der Waals surface area (Å²) in [7, 11) is 1.82. The van der Waals surface area contributed by atoms with Crippen molar-refractivity contribution in [3.05, 3.63) is 72.6 Å². The highest BCUT2D eigenvalue weighted by Crippen LogP contribution is 2.18. The molecule has 0 saturated heterocycles. The van der Waals surface area contributed by atoms with Crippen LogP contribution in [-0.4, -0.2) is 19.1 Å². The van der Waals surface area contributed by atoms with E-state index in [1.165, 1.54) is 6.21 Å². The molecule has 0 aliphatic carbocycles. The van der Waals surface area contributed by atoms with Crippen LogP contribution in [0.3, 0.4) is 0 Å². The number of aliphatic imine (C=N–C) groups is 1. The van der Waals surface area contributed by atoms with Crippen LogP contribution in [0.25, 0.3) is 11.3 Å². The van der Waals surface area contributed by atoms with E-state index < -0.39 is 0 Å². The number of nitrogens with zero attached hydrogens (tertiary/aromatic N) is 1. The Morgan fingerprint density at radius 1 is 1.26 bits per heavy atom. The van der Waals surface area contributed by atoms with E-state index in [4.69, 9.17) is 5.41 Å². The lowest BCUT2D eigenvalue weighted by Gasteiger charge is -2.12. The number of allylic oxidation sites excluding steroid dienone is 4. The lowest BCUT2D eigenvalue weighted by molar-refractivity contribution is 0.737. The standard InChI is InChI=1S/C23H32N4/c1-6-8-9-10-14-23(7-2)27-19(4)26-18(3)20-12-11-13-21(15-20)22(16-24)17-25-5/h6-7,11-13,15-17,24-25H,1,3,8-10,14H2,2,4-5H3,(H,26,27)/b22-17+,23-7-,24-16?. The van der Waals surface area contributed by atoms with Crippen LogP contribution in [0.4, 0.5) is 0 Å². The number of hydrogen-bond donors (Lipinski definition) is 3. The third-order valence-corrected chi connectivity index (χ3v) is 4.07. The van der Waals surface area contributed by atoms with Crippen molar-refractivity contribution in [2.24, 2.45) is 4.99 Å². The van der Waals surface area contributed by atoms with Gasteiger partial charge in [-0.25, -0.2) is 4.99 Å². The Hall–Kier alpha value is -2.88. The molecule has 1 aromatic rings. The van der Waals surface area contributed by atoms with E-state index in [0.29, 0.717) is 0 Å². The summed E-state index contributed by atoms with van der Waals surface area (Å²) >= 11 is 0. The van der Waals surface area contributed by atoms with Gasteiger partial charge < -0.3 is 16.0 Å². The Morgan fingerprint density at radius 3 is 2.63 bits per heavy atom. The van der Waals surface area contributed by atoms with E-state index in [0.717, 1.165) is 59.6 Å². The highest BCUT2D eigenvalue weighted by Gasteiger charge is 2.04. The minimum absolute atomic E-state index is 0.786. The Morgan fingerprint density at radius 2 is 2.00 bits per heavy atom. The zero-order valence-corrected chi connectivity index (χ0v) is 16.8. The molecule has 0 saturated carbocycles. The number of amidine groups is 1. The van der Waals surface area contributed by atoms with Crippen LogP contribution in [0.2, 0.25) is 0 Å². The van der Waals surface area contributed by atoms with E-state index in [1.807, 2.05) is 51.2 Å². The van der Waals surface area contributed by atoms with E-state index in [1.54, 1.807) is 6.20 Å². The molecule has 0 unspecified atom stereocenters. The molecule has 4 nitrogen and oxygen atoms in total. The smallest absolute Gasteiger partial charge is 0.103 e. The van der Waals surface area contributed by atoms with Crippen molar-refractivity contribution in [2.45, 2.75) is 39.5 Å². The fourth-order valence-electron chi connectivity index (χ4n) is 2.64. The molecular formula is C23H32N4. The molecule has 0 aliphatic heterocycles. The summed E-state index contributed by atoms with van der Waals surface area (Å²) < 4.78 is 0. The Kier molecular flexibility index (Phi) is 10.2. The van der Waals surface area contributed by atoms with Gasteiger partial charge in [0.2, 0.25) is 0 Å². The third-order valence-electron chi connectivity index (χ3n) is 4.07. The molecule has 0 bridgehead atoms. The molecule has 4 heteroatoms. The number of rotatable bonds is 11. The molecular weight excluding hydrogens is 332 g/mol. The number of benzene rings is 1. The number of nitrogens with one attached hydrogen (secondary N) is 3. The maximum Gasteiger partial charge on any atom is 0.103 e. The van der Waals surface area contributed by atoms with Crippen LogP contribution in [-0.2, 0) is 0 Å². The van der Waals surface area contributed by atoms with Gasteiger partial charge >= 0.3 is 0 Å². The highest BCUT2D eigenvalue weighted by molar-refractivity contribution is 6.08. The van der Waals surface area contributed by atoms with E-state index in [2.05, 4.69) is 34.9 Å². The molecule has 144 valence electrons. The van der Waals surface area contributed by atoms with Gasteiger partial charge in [0.05, 0.1) is 0 Å². The molecule has 0 spiro atoms. The number of hydrogen-bond acceptors (Lipinski definition) is 3. The SMILES string of the molecule is C=CCCCCC(=C/C)/N=C(\C)NC(=C)c1cccc(/C(C=N)=C/NC)c1. The maximum absolute atomic E-state index is 7.57. The summed E-state index contributed by atoms with van der Waals surface area (Å²) in [5, 5.41) is 13.8. The van der Waals surface area contributed by atoms with Crippen molar-refractivity contribution in [2.75, 3.05) is 7.05 Å². The molecule has 1 rings (SSSR count). The van der Waals surface area contributed by atoms with E-state index >= 15 is 0 Å². The average molecular weight is 365 g/mol. The minimum atomic E-state index is 0.786. The summed E-state index contributed by atoms with van der Waals surface area (Å²) in [6.07, 6.45) is 11.4. The fraction of sp³-hybridized carbons (Fsp3) is 0.304. The molecule has 1 aromatic carbocycles. The monoisotopic (exact) mass is 364 g/mol. The van der Waals surface area contributed by atoms with Gasteiger partial charge in [-0.3, -0.25) is 0 Å². The molecule has 0 heterocycles. The summed E-state index contributed by atoms with van der Waals surface area (Å²) in [4.78, 5) is 4.68. The molecule has 0 radical (unpaired) electrons. The lowest BCUT2D eigenvalue weighted by Crippen LogP contribution is -2.18. The zero-order valence-electron chi connectivity index (χ0n) is 16.8. The van der Waals surface area contributed by atoms with Crippen LogP contribution in [0.1, 0.15) is 50.7 Å². The summed E-state index contributed by atoms with van der Waals surface area (Å²) in [5.74, 6) is 0.820. The summed E-state index contributed by atoms with van der Waals surface area (Å²) in [6.45, 7) is 11.9. The Labute approximate surface area is 164 Å². The first-order chi connectivity index (χ1) is 13.0. The first kappa shape index (κ1) is 22.2. The van der Waals surface area contributed by atoms with Crippen LogP contribution in [0.5, 0.6) is 0 Å². The first-order valence-electron chi connectivity index (χ1n) is 9.31. The normalized spacial score (nSPS) is 12.5. The summed E-state index contributed by atoms with van der Waals surface area (Å²) in [6, 6.07) is 7.96. The van der Waals surface area contributed by atoms with Gasteiger partial charge in [-0.05, 0) is 56.7 Å². The largest absolute Gasteiger partial charge is 0.393 e. The van der Waals surface area contributed by atoms with Crippen LogP contribution in [0, 0.1) is 5.41 Å². The van der Waals surface area contributed by atoms with Crippen LogP contribution < -0.4 is 10.6 Å². The van der Waals surface area contributed by atoms with Gasteiger partial charge in [-0.2, -0.15) is 0 Å². The lowest BCUT2D eigenvalue weighted by atomic mass is 10.0. The predicted molar refractivity (Wildman–Crippen MR) is 120 cm³/mol. The maximum atomic E-state index is 7.57. The van der Waals surface area contributed by atoms with E-state index in [-0.39, 0.29) is 0 Å². The van der Waals surface area contributed by atoms with Crippen molar-refractivity contribution in [3.63, 3.8) is 0 Å². The van der Waals surface area contributed by atoms with Crippen molar-refractivity contribution in [1.82, 2.24) is 10.6 Å². The van der Waals surface area contributed by atoms with Gasteiger partial charge in [0.15, 0.2) is 0 Å². The molecule has 0 aromatic heterocycles. The van der Waals surface area contributed by atoms with Crippen molar-refractivity contribution in [1.29, 1.82) is 5.41 Å². The average Bonchev–Trinajstić information content (AvgIpc) is 2.68. The van der Waals surface area contributed by atoms with Crippen LogP contribution in [0.15, 0.2) is 66.5 Å². The van der Waals surface area contributed by atoms with Gasteiger partial charge in [0.1, 0.15) is 5.84 Å². The van der Waals surface area contributed by atoms with Gasteiger partial charge in [-0.1, -0.05) is 36.9 Å². The van der Waals surface area contributed by atoms with Gasteiger partial charge in [-0.15, -0.1) is 6.58 Å². The molecule has 3 N–H and O–H groups in total. The van der Waals surface area contributed by atoms with Crippen molar-refractivity contribution in [3.8, 4) is 0 Å². The Bertz CT molecular complexity index is 739. The first-order valence-corrected chi connectivity index (χ1v) is 9.31. The quantitative estimate of drug-likeness (QED) is 0.209. The third kappa shape index (κ3) is 7.90. The van der Waals surface area contributed by atoms with Crippen LogP contribution >= 0.6 is 0 Å². The second-order valence-corrected chi connectivity index (χ2v) is 6.23. The molecule has 0 atom stereocenters. The van der Waals surface area contributed by atoms with Gasteiger partial charge in [0.25, 0.3) is 0 Å². The van der Waals surface area contributed by atoms with Crippen molar-refractivity contribution < 1.29 is 0 Å². The Balaban J connectivity index is 2.81. The van der Waals surface area contributed by atoms with E-state index in [9.17, 15) is 0 Å². The number of unbranched alkanes of at least 4 members (excludes halogenated alkanes) is 2. The molecule has 0 amide bonds. The minimum Gasteiger partial charge on any atom is -0.393 e. The second kappa shape index (κ2) is 12.5. The molecule has 0 fully saturated rings. The fourth-order valence-corrected chi connectivity index (χ4v) is 2.64. The predicted octanol–water partition coefficient (Wildman–Crippen LogP) is 5.53. The topological polar surface area (TPSA) is 60.3 Å². The van der Waals surface area contributed by atoms with Gasteiger partial charge in [0, 0.05) is 36.4 Å². The van der Waals surface area contributed by atoms with Crippen molar-refractivity contribution >= 4 is 23.3 Å². The molecule has 27 heavy (non-hydrogen) atoms. The summed E-state index contributed by atoms with van der Waals surface area (Å²) in [5.41, 5.74) is 4.61. The molecule has 0 aliphatic rings.